The van der Waals surface area contributed by atoms with Crippen molar-refractivity contribution in [3.63, 3.8) is 0 Å². The van der Waals surface area contributed by atoms with Crippen LogP contribution >= 0.6 is 0 Å². The quantitative estimate of drug-likeness (QED) is 0.379. The number of rotatable bonds is 5. The van der Waals surface area contributed by atoms with E-state index in [4.69, 9.17) is 4.74 Å². The monoisotopic (exact) mass is 399 g/mol. The van der Waals surface area contributed by atoms with E-state index in [1.165, 1.54) is 36.1 Å². The molecule has 0 bridgehead atoms. The van der Waals surface area contributed by atoms with Crippen molar-refractivity contribution in [2.24, 2.45) is 0 Å². The predicted molar refractivity (Wildman–Crippen MR) is 104 cm³/mol. The molecule has 0 atom stereocenters. The Kier molecular flexibility index (Phi) is 5.31. The van der Waals surface area contributed by atoms with Crippen molar-refractivity contribution in [2.75, 3.05) is 7.11 Å². The zero-order chi connectivity index (χ0) is 21.3. The fourth-order valence-corrected chi connectivity index (χ4v) is 2.99. The summed E-state index contributed by atoms with van der Waals surface area (Å²) in [7, 11) is 1.24. The van der Waals surface area contributed by atoms with Gasteiger partial charge in [-0.2, -0.15) is 0 Å². The van der Waals surface area contributed by atoms with Crippen LogP contribution in [0.1, 0.15) is 25.3 Å². The third-order valence-electron chi connectivity index (χ3n) is 4.51. The smallest absolute Gasteiger partial charge is 0.327 e. The Bertz CT molecular complexity index is 1070. The molecule has 0 saturated carbocycles. The van der Waals surface area contributed by atoms with E-state index in [9.17, 15) is 25.2 Å². The molecule has 1 aromatic heterocycles. The number of hydrogen-bond acceptors (Lipinski definition) is 8. The first kappa shape index (κ1) is 20.0. The highest BCUT2D eigenvalue weighted by atomic mass is 16.5. The maximum absolute atomic E-state index is 11.8. The average Bonchev–Trinajstić information content (AvgIpc) is 3.06. The zero-order valence-electron chi connectivity index (χ0n) is 16.1. The molecule has 0 aliphatic heterocycles. The van der Waals surface area contributed by atoms with Crippen LogP contribution in [0.5, 0.6) is 23.0 Å². The van der Waals surface area contributed by atoms with Gasteiger partial charge in [0.2, 0.25) is 0 Å². The number of aromatic hydroxyl groups is 4. The summed E-state index contributed by atoms with van der Waals surface area (Å²) in [5.41, 5.74) is 1.85. The lowest BCUT2D eigenvalue weighted by Crippen LogP contribution is -2.14. The number of carbonyl (C=O) groups is 1. The van der Waals surface area contributed by atoms with E-state index in [0.717, 1.165) is 0 Å². The minimum absolute atomic E-state index is 0.0272. The molecular weight excluding hydrogens is 378 g/mol. The van der Waals surface area contributed by atoms with Crippen molar-refractivity contribution in [1.82, 2.24) is 15.0 Å². The van der Waals surface area contributed by atoms with Gasteiger partial charge in [0.25, 0.3) is 0 Å². The molecule has 0 spiro atoms. The van der Waals surface area contributed by atoms with Gasteiger partial charge in [0, 0.05) is 17.2 Å². The molecule has 1 heterocycles. The van der Waals surface area contributed by atoms with Gasteiger partial charge in [0.1, 0.15) is 23.7 Å². The maximum Gasteiger partial charge on any atom is 0.327 e. The van der Waals surface area contributed by atoms with E-state index < -0.39 is 5.97 Å². The van der Waals surface area contributed by atoms with E-state index in [2.05, 4.69) is 10.3 Å². The van der Waals surface area contributed by atoms with E-state index in [0.29, 0.717) is 22.4 Å². The molecule has 0 unspecified atom stereocenters. The molecule has 9 heteroatoms. The molecule has 2 aromatic carbocycles. The van der Waals surface area contributed by atoms with Gasteiger partial charge in [-0.05, 0) is 35.7 Å². The molecule has 9 nitrogen and oxygen atoms in total. The highest BCUT2D eigenvalue weighted by Crippen LogP contribution is 2.41. The summed E-state index contributed by atoms with van der Waals surface area (Å²) in [6.07, 6.45) is 0. The van der Waals surface area contributed by atoms with Gasteiger partial charge in [-0.15, -0.1) is 5.10 Å². The van der Waals surface area contributed by atoms with Crippen LogP contribution in [0.3, 0.4) is 0 Å². The van der Waals surface area contributed by atoms with Crippen LogP contribution in [0.15, 0.2) is 30.3 Å². The number of nitrogens with zero attached hydrogens (tertiary/aromatic N) is 3. The second kappa shape index (κ2) is 7.70. The Hall–Kier alpha value is -3.75. The van der Waals surface area contributed by atoms with E-state index >= 15 is 0 Å². The summed E-state index contributed by atoms with van der Waals surface area (Å²) in [4.78, 5) is 11.8. The topological polar surface area (TPSA) is 138 Å². The highest BCUT2D eigenvalue weighted by molar-refractivity contribution is 5.83. The fraction of sp³-hybridized carbons (Fsp3) is 0.250. The minimum atomic E-state index is -0.566. The standard InChI is InChI=1S/C20H21N3O6/c1-10(2)12-7-13(16(26)8-15(12)25)19-20(11-4-5-14(24)17(27)6-11)23(22-21-19)9-18(28)29-3/h4-8,10,24-27H,9H2,1-3H3. The molecule has 3 rings (SSSR count). The molecule has 3 aromatic rings. The molecule has 152 valence electrons. The van der Waals surface area contributed by atoms with Gasteiger partial charge in [-0.25, -0.2) is 4.68 Å². The maximum atomic E-state index is 11.8. The van der Waals surface area contributed by atoms with Crippen LogP contribution in [0.25, 0.3) is 22.5 Å². The van der Waals surface area contributed by atoms with Gasteiger partial charge in [-0.3, -0.25) is 4.79 Å². The number of hydrogen-bond donors (Lipinski definition) is 4. The van der Waals surface area contributed by atoms with Crippen molar-refractivity contribution in [2.45, 2.75) is 26.3 Å². The van der Waals surface area contributed by atoms with E-state index in [1.807, 2.05) is 13.8 Å². The average molecular weight is 399 g/mol. The lowest BCUT2D eigenvalue weighted by Gasteiger charge is -2.13. The van der Waals surface area contributed by atoms with Crippen molar-refractivity contribution in [3.05, 3.63) is 35.9 Å². The number of aromatic nitrogens is 3. The highest BCUT2D eigenvalue weighted by Gasteiger charge is 2.23. The largest absolute Gasteiger partial charge is 0.508 e. The third kappa shape index (κ3) is 3.79. The second-order valence-corrected chi connectivity index (χ2v) is 6.81. The molecular formula is C20H21N3O6. The van der Waals surface area contributed by atoms with Gasteiger partial charge >= 0.3 is 5.97 Å². The number of ether oxygens (including phenoxy) is 1. The van der Waals surface area contributed by atoms with Crippen molar-refractivity contribution < 1.29 is 30.0 Å². The van der Waals surface area contributed by atoms with E-state index in [1.54, 1.807) is 6.07 Å². The number of phenols is 4. The summed E-state index contributed by atoms with van der Waals surface area (Å²) >= 11 is 0. The summed E-state index contributed by atoms with van der Waals surface area (Å²) in [5, 5.41) is 48.2. The molecule has 0 aliphatic rings. The van der Waals surface area contributed by atoms with Gasteiger partial charge in [0.15, 0.2) is 11.5 Å². The van der Waals surface area contributed by atoms with Gasteiger partial charge in [-0.1, -0.05) is 19.1 Å². The zero-order valence-corrected chi connectivity index (χ0v) is 16.1. The van der Waals surface area contributed by atoms with Crippen molar-refractivity contribution in [1.29, 1.82) is 0 Å². The fourth-order valence-electron chi connectivity index (χ4n) is 2.99. The summed E-state index contributed by atoms with van der Waals surface area (Å²) in [6, 6.07) is 6.94. The number of carbonyl (C=O) groups excluding carboxylic acids is 1. The summed E-state index contributed by atoms with van der Waals surface area (Å²) in [6.45, 7) is 3.53. The Morgan fingerprint density at radius 2 is 1.76 bits per heavy atom. The Balaban J connectivity index is 2.26. The lowest BCUT2D eigenvalue weighted by molar-refractivity contribution is -0.141. The van der Waals surface area contributed by atoms with Crippen LogP contribution in [-0.2, 0) is 16.1 Å². The van der Waals surface area contributed by atoms with Gasteiger partial charge in [0.05, 0.1) is 12.8 Å². The van der Waals surface area contributed by atoms with Crippen LogP contribution < -0.4 is 0 Å². The van der Waals surface area contributed by atoms with Gasteiger partial charge < -0.3 is 25.2 Å². The molecule has 29 heavy (non-hydrogen) atoms. The Morgan fingerprint density at radius 1 is 1.03 bits per heavy atom. The summed E-state index contributed by atoms with van der Waals surface area (Å²) < 4.78 is 5.97. The van der Waals surface area contributed by atoms with Crippen molar-refractivity contribution >= 4 is 5.97 Å². The first-order valence-electron chi connectivity index (χ1n) is 8.81. The normalized spacial score (nSPS) is 11.0. The first-order valence-corrected chi connectivity index (χ1v) is 8.81. The SMILES string of the molecule is COC(=O)Cn1nnc(-c2cc(C(C)C)c(O)cc2O)c1-c1ccc(O)c(O)c1. The molecule has 4 N–H and O–H groups in total. The van der Waals surface area contributed by atoms with Crippen LogP contribution in [0, 0.1) is 0 Å². The molecule has 0 aliphatic carbocycles. The molecule has 0 amide bonds. The number of phenolic OH excluding ortho intramolecular Hbond substituents is 4. The van der Waals surface area contributed by atoms with Crippen LogP contribution in [0.2, 0.25) is 0 Å². The minimum Gasteiger partial charge on any atom is -0.508 e. The molecule has 0 radical (unpaired) electrons. The summed E-state index contributed by atoms with van der Waals surface area (Å²) in [5.74, 6) is -1.54. The van der Waals surface area contributed by atoms with Crippen LogP contribution in [0.4, 0.5) is 0 Å². The number of benzene rings is 2. The van der Waals surface area contributed by atoms with E-state index in [-0.39, 0.29) is 41.2 Å². The third-order valence-corrected chi connectivity index (χ3v) is 4.51. The molecule has 0 saturated heterocycles. The molecule has 0 fully saturated rings. The van der Waals surface area contributed by atoms with Crippen molar-refractivity contribution in [3.8, 4) is 45.5 Å². The first-order chi connectivity index (χ1) is 13.7. The number of esters is 1. The number of methoxy groups -OCH3 is 1. The van der Waals surface area contributed by atoms with Crippen LogP contribution in [-0.4, -0.2) is 48.5 Å². The Labute approximate surface area is 166 Å². The predicted octanol–water partition coefficient (Wildman–Crippen LogP) is 2.73. The lowest BCUT2D eigenvalue weighted by atomic mass is 9.96. The second-order valence-electron chi connectivity index (χ2n) is 6.81. The Morgan fingerprint density at radius 3 is 2.38 bits per heavy atom.